The summed E-state index contributed by atoms with van der Waals surface area (Å²) < 4.78 is 67.7. The molecule has 1 aromatic heterocycles. The summed E-state index contributed by atoms with van der Waals surface area (Å²) in [5.74, 6) is -2.61. The highest BCUT2D eigenvalue weighted by Gasteiger charge is 2.65. The maximum atomic E-state index is 13.4. The lowest BCUT2D eigenvalue weighted by Crippen LogP contribution is -2.22. The molecule has 3 N–H and O–H groups in total. The Labute approximate surface area is 220 Å². The van der Waals surface area contributed by atoms with Crippen LogP contribution in [0.4, 0.5) is 25.2 Å². The highest BCUT2D eigenvalue weighted by atomic mass is 35.5. The monoisotopic (exact) mass is 596 g/mol. The van der Waals surface area contributed by atoms with Gasteiger partial charge in [-0.15, -0.1) is 0 Å². The average Bonchev–Trinajstić information content (AvgIpc) is 3.52. The van der Waals surface area contributed by atoms with E-state index in [1.165, 1.54) is 24.3 Å². The molecule has 0 bridgehead atoms. The van der Waals surface area contributed by atoms with Gasteiger partial charge in [0.2, 0.25) is 0 Å². The minimum Gasteiger partial charge on any atom is -0.481 e. The van der Waals surface area contributed by atoms with Crippen LogP contribution in [0.1, 0.15) is 40.0 Å². The van der Waals surface area contributed by atoms with Gasteiger partial charge in [0, 0.05) is 6.54 Å². The summed E-state index contributed by atoms with van der Waals surface area (Å²) in [6.45, 7) is -0.0854. The highest BCUT2D eigenvalue weighted by Crippen LogP contribution is 3.02. The van der Waals surface area contributed by atoms with Crippen LogP contribution in [0.15, 0.2) is 41.3 Å². The number of aromatic carboxylic acids is 1. The molecule has 8 nitrogen and oxygen atoms in total. The number of nitrogens with one attached hydrogen (secondary N) is 1. The van der Waals surface area contributed by atoms with Gasteiger partial charge in [-0.3, -0.25) is 4.79 Å². The van der Waals surface area contributed by atoms with Crippen molar-refractivity contribution < 1.29 is 39.2 Å². The van der Waals surface area contributed by atoms with E-state index in [2.05, 4.69) is 10.4 Å². The number of anilines is 1. The van der Waals surface area contributed by atoms with E-state index in [1.807, 2.05) is 0 Å². The molecule has 1 aliphatic rings. The Morgan fingerprint density at radius 3 is 2.05 bits per heavy atom. The molecule has 0 saturated heterocycles. The van der Waals surface area contributed by atoms with Gasteiger partial charge in [0.05, 0.1) is 26.6 Å². The van der Waals surface area contributed by atoms with Crippen molar-refractivity contribution in [3.05, 3.63) is 68.8 Å². The fourth-order valence-electron chi connectivity index (χ4n) is 3.89. The zero-order valence-corrected chi connectivity index (χ0v) is 21.0. The second kappa shape index (κ2) is 8.23. The molecule has 202 valence electrons. The fourth-order valence-corrected chi connectivity index (χ4v) is 5.35. The second-order valence-electron chi connectivity index (χ2n) is 8.54. The Hall–Kier alpha value is -3.54. The number of halogens is 7. The molecule has 4 rings (SSSR count). The van der Waals surface area contributed by atoms with E-state index in [1.54, 1.807) is 6.07 Å². The van der Waals surface area contributed by atoms with Gasteiger partial charge in [-0.2, -0.15) is 10.4 Å². The van der Waals surface area contributed by atoms with Crippen molar-refractivity contribution in [3.8, 4) is 11.8 Å². The first-order valence-electron chi connectivity index (χ1n) is 10.4. The number of rotatable bonds is 8. The smallest absolute Gasteiger partial charge is 0.335 e. The second-order valence-corrected chi connectivity index (χ2v) is 11.8. The van der Waals surface area contributed by atoms with Crippen LogP contribution in [-0.2, 0) is 16.8 Å². The summed E-state index contributed by atoms with van der Waals surface area (Å²) in [7, 11) is -10.2. The highest BCUT2D eigenvalue weighted by molar-refractivity contribution is 8.45. The van der Waals surface area contributed by atoms with Crippen molar-refractivity contribution in [2.24, 2.45) is 0 Å². The van der Waals surface area contributed by atoms with E-state index >= 15 is 0 Å². The minimum atomic E-state index is -10.2. The third kappa shape index (κ3) is 4.96. The maximum Gasteiger partial charge on any atom is 0.335 e. The first-order valence-corrected chi connectivity index (χ1v) is 13.2. The van der Waals surface area contributed by atoms with E-state index < -0.39 is 53.9 Å². The van der Waals surface area contributed by atoms with E-state index in [0.29, 0.717) is 5.56 Å². The third-order valence-corrected chi connectivity index (χ3v) is 7.64. The van der Waals surface area contributed by atoms with Gasteiger partial charge in [0.1, 0.15) is 22.5 Å². The Kier molecular flexibility index (Phi) is 5.95. The number of hydrogen-bond donors (Lipinski definition) is 3. The largest absolute Gasteiger partial charge is 0.481 e. The van der Waals surface area contributed by atoms with Crippen LogP contribution >= 0.6 is 33.4 Å². The van der Waals surface area contributed by atoms with Crippen LogP contribution in [0.2, 0.25) is 10.0 Å². The molecule has 1 heterocycles. The van der Waals surface area contributed by atoms with Crippen molar-refractivity contribution in [1.82, 2.24) is 9.78 Å². The van der Waals surface area contributed by atoms with Crippen molar-refractivity contribution in [1.29, 1.82) is 5.26 Å². The first-order chi connectivity index (χ1) is 17.4. The molecule has 1 aliphatic carbocycles. The van der Waals surface area contributed by atoms with E-state index in [0.717, 1.165) is 4.68 Å². The van der Waals surface area contributed by atoms with Gasteiger partial charge in [-0.1, -0.05) is 54.8 Å². The van der Waals surface area contributed by atoms with Crippen molar-refractivity contribution in [2.45, 2.75) is 29.7 Å². The number of aromatic nitrogens is 2. The lowest BCUT2D eigenvalue weighted by molar-refractivity contribution is -0.140. The van der Waals surface area contributed by atoms with E-state index in [-0.39, 0.29) is 48.5 Å². The maximum absolute atomic E-state index is 13.4. The van der Waals surface area contributed by atoms with Gasteiger partial charge < -0.3 is 15.5 Å². The zero-order valence-electron chi connectivity index (χ0n) is 18.7. The lowest BCUT2D eigenvalue weighted by Gasteiger charge is -2.40. The molecule has 0 atom stereocenters. The van der Waals surface area contributed by atoms with Gasteiger partial charge >= 0.3 is 22.2 Å². The number of carboxylic acid groups (broad SMARTS) is 2. The number of hydrogen-bond acceptors (Lipinski definition) is 5. The van der Waals surface area contributed by atoms with Crippen LogP contribution < -0.4 is 5.32 Å². The molecule has 0 amide bonds. The number of nitrogens with zero attached hydrogens (tertiary/aromatic N) is 3. The number of benzene rings is 2. The molecule has 38 heavy (non-hydrogen) atoms. The van der Waals surface area contributed by atoms with Crippen LogP contribution in [0, 0.1) is 11.3 Å². The summed E-state index contributed by atoms with van der Waals surface area (Å²) >= 11 is 12.0. The lowest BCUT2D eigenvalue weighted by atomic mass is 9.95. The van der Waals surface area contributed by atoms with E-state index in [4.69, 9.17) is 28.3 Å². The SMILES string of the molecule is N#Cc1nn(-c2c(Cl)cc(S(F)(F)(F)(F)F)cc2Cl)c(NCc2ccc(C(=O)O)cc2)c1C1(C(=O)O)CC1. The first kappa shape index (κ1) is 27.5. The average molecular weight is 597 g/mol. The summed E-state index contributed by atoms with van der Waals surface area (Å²) in [6, 6.07) is 7.24. The molecule has 3 aromatic rings. The number of nitriles is 1. The minimum absolute atomic E-state index is 0.00309. The van der Waals surface area contributed by atoms with Crippen LogP contribution in [0.3, 0.4) is 0 Å². The summed E-state index contributed by atoms with van der Waals surface area (Å²) in [6.07, 6.45) is 0.241. The fraction of sp³-hybridized carbons (Fsp3) is 0.182. The number of carboxylic acids is 2. The number of aliphatic carboxylic acids is 1. The zero-order chi connectivity index (χ0) is 28.3. The van der Waals surface area contributed by atoms with Crippen LogP contribution in [0.5, 0.6) is 0 Å². The quantitative estimate of drug-likeness (QED) is 0.236. The van der Waals surface area contributed by atoms with Gasteiger partial charge in [0.25, 0.3) is 0 Å². The van der Waals surface area contributed by atoms with E-state index in [9.17, 15) is 39.4 Å². The topological polar surface area (TPSA) is 128 Å². The van der Waals surface area contributed by atoms with Crippen molar-refractivity contribution in [2.75, 3.05) is 5.32 Å². The molecular weight excluding hydrogens is 582 g/mol. The number of carbonyl (C=O) groups is 2. The molecule has 2 aromatic carbocycles. The Bertz CT molecular complexity index is 1530. The Morgan fingerprint density at radius 2 is 1.63 bits per heavy atom. The summed E-state index contributed by atoms with van der Waals surface area (Å²) in [5.41, 5.74) is -2.01. The van der Waals surface area contributed by atoms with Crippen molar-refractivity contribution >= 4 is 51.2 Å². The summed E-state index contributed by atoms with van der Waals surface area (Å²) in [4.78, 5) is 20.9. The van der Waals surface area contributed by atoms with Crippen molar-refractivity contribution in [3.63, 3.8) is 0 Å². The van der Waals surface area contributed by atoms with Gasteiger partial charge in [-0.25, -0.2) is 9.48 Å². The molecular formula is C22H15Cl2F5N4O4S. The predicted molar refractivity (Wildman–Crippen MR) is 129 cm³/mol. The normalized spacial score (nSPS) is 16.2. The summed E-state index contributed by atoms with van der Waals surface area (Å²) in [5, 5.41) is 33.7. The van der Waals surface area contributed by atoms with Gasteiger partial charge in [0.15, 0.2) is 5.69 Å². The molecule has 0 unspecified atom stereocenters. The van der Waals surface area contributed by atoms with Crippen LogP contribution in [0.25, 0.3) is 5.69 Å². The standard InChI is InChI=1S/C22H15Cl2F5N4O4S/c23-14-7-13(38(25,26,27,28)29)8-15(24)18(14)33-19(31-10-11-1-3-12(4-2-11)20(34)35)17(16(9-30)32-33)22(5-6-22)21(36)37/h1-4,7-8,31H,5-6,10H2,(H,34,35)(H,36,37). The molecule has 16 heteroatoms. The predicted octanol–water partition coefficient (Wildman–Crippen LogP) is 7.13. The Morgan fingerprint density at radius 1 is 1.08 bits per heavy atom. The van der Waals surface area contributed by atoms with Crippen LogP contribution in [-0.4, -0.2) is 31.9 Å². The molecule has 0 radical (unpaired) electrons. The molecule has 0 aliphatic heterocycles. The molecule has 1 fully saturated rings. The van der Waals surface area contributed by atoms with Gasteiger partial charge in [-0.05, 0) is 42.7 Å². The molecule has 1 saturated carbocycles. The third-order valence-electron chi connectivity index (χ3n) is 5.94. The Balaban J connectivity index is 1.89. The molecule has 0 spiro atoms.